The lowest BCUT2D eigenvalue weighted by Crippen LogP contribution is -2.52. The molecule has 1 amide bonds. The van der Waals surface area contributed by atoms with Crippen molar-refractivity contribution in [2.45, 2.75) is 39.0 Å². The van der Waals surface area contributed by atoms with Crippen molar-refractivity contribution in [1.82, 2.24) is 10.2 Å². The Bertz CT molecular complexity index is 198. The van der Waals surface area contributed by atoms with Gasteiger partial charge in [0.2, 0.25) is 5.91 Å². The number of carbonyl (C=O) groups excluding carboxylic acids is 1. The molecule has 4 nitrogen and oxygen atoms in total. The van der Waals surface area contributed by atoms with Gasteiger partial charge >= 0.3 is 0 Å². The van der Waals surface area contributed by atoms with E-state index in [1.54, 1.807) is 7.05 Å². The summed E-state index contributed by atoms with van der Waals surface area (Å²) in [4.78, 5) is 13.7. The maximum atomic E-state index is 11.8. The van der Waals surface area contributed by atoms with Gasteiger partial charge in [0, 0.05) is 13.1 Å². The Morgan fingerprint density at radius 2 is 1.93 bits per heavy atom. The Morgan fingerprint density at radius 3 is 2.36 bits per heavy atom. The number of morpholine rings is 1. The third kappa shape index (κ3) is 2.69. The maximum Gasteiger partial charge on any atom is 0.239 e. The highest BCUT2D eigenvalue weighted by Gasteiger charge is 2.27. The first kappa shape index (κ1) is 11.5. The zero-order valence-electron chi connectivity index (χ0n) is 9.41. The quantitative estimate of drug-likeness (QED) is 0.694. The largest absolute Gasteiger partial charge is 0.372 e. The standard InChI is InChI=1S/C10H20N2O2/c1-7-5-12(6-8(2)14-7)10(13)9(3)11-4/h7-9,11H,5-6H2,1-4H3. The molecule has 4 heteroatoms. The van der Waals surface area contributed by atoms with Crippen molar-refractivity contribution in [3.05, 3.63) is 0 Å². The summed E-state index contributed by atoms with van der Waals surface area (Å²) in [5.74, 6) is 0.162. The number of ether oxygens (including phenoxy) is 1. The van der Waals surface area contributed by atoms with Gasteiger partial charge in [-0.15, -0.1) is 0 Å². The van der Waals surface area contributed by atoms with Crippen molar-refractivity contribution >= 4 is 5.91 Å². The fourth-order valence-corrected chi connectivity index (χ4v) is 1.76. The van der Waals surface area contributed by atoms with Crippen LogP contribution >= 0.6 is 0 Å². The minimum atomic E-state index is -0.104. The van der Waals surface area contributed by atoms with E-state index >= 15 is 0 Å². The molecule has 3 atom stereocenters. The van der Waals surface area contributed by atoms with Gasteiger partial charge < -0.3 is 15.0 Å². The molecule has 1 heterocycles. The smallest absolute Gasteiger partial charge is 0.239 e. The first-order valence-electron chi connectivity index (χ1n) is 5.16. The summed E-state index contributed by atoms with van der Waals surface area (Å²) in [5.41, 5.74) is 0. The number of rotatable bonds is 2. The Kier molecular flexibility index (Phi) is 3.89. The fraction of sp³-hybridized carbons (Fsp3) is 0.900. The first-order chi connectivity index (χ1) is 6.54. The maximum absolute atomic E-state index is 11.8. The van der Waals surface area contributed by atoms with Gasteiger partial charge in [0.05, 0.1) is 18.2 Å². The van der Waals surface area contributed by atoms with Crippen LogP contribution in [0.2, 0.25) is 0 Å². The van der Waals surface area contributed by atoms with Crippen LogP contribution in [0.1, 0.15) is 20.8 Å². The van der Waals surface area contributed by atoms with Crippen molar-refractivity contribution in [3.8, 4) is 0 Å². The zero-order valence-corrected chi connectivity index (χ0v) is 9.41. The molecule has 0 aromatic carbocycles. The van der Waals surface area contributed by atoms with Crippen LogP contribution in [-0.2, 0) is 9.53 Å². The molecule has 0 aromatic rings. The molecule has 0 aliphatic carbocycles. The number of hydrogen-bond acceptors (Lipinski definition) is 3. The molecule has 0 spiro atoms. The van der Waals surface area contributed by atoms with Gasteiger partial charge in [0.1, 0.15) is 0 Å². The van der Waals surface area contributed by atoms with E-state index in [0.717, 1.165) is 0 Å². The Labute approximate surface area is 85.6 Å². The zero-order chi connectivity index (χ0) is 10.7. The highest BCUT2D eigenvalue weighted by Crippen LogP contribution is 2.11. The van der Waals surface area contributed by atoms with Crippen LogP contribution in [0.5, 0.6) is 0 Å². The minimum absolute atomic E-state index is 0.104. The van der Waals surface area contributed by atoms with Crippen LogP contribution in [0.4, 0.5) is 0 Å². The monoisotopic (exact) mass is 200 g/mol. The van der Waals surface area contributed by atoms with Crippen molar-refractivity contribution in [1.29, 1.82) is 0 Å². The molecule has 0 bridgehead atoms. The molecule has 1 aliphatic heterocycles. The fourth-order valence-electron chi connectivity index (χ4n) is 1.76. The van der Waals surface area contributed by atoms with Crippen molar-refractivity contribution in [2.75, 3.05) is 20.1 Å². The van der Waals surface area contributed by atoms with Crippen LogP contribution in [-0.4, -0.2) is 49.2 Å². The summed E-state index contributed by atoms with van der Waals surface area (Å²) >= 11 is 0. The van der Waals surface area contributed by atoms with Gasteiger partial charge in [-0.25, -0.2) is 0 Å². The molecule has 1 saturated heterocycles. The summed E-state index contributed by atoms with van der Waals surface area (Å²) in [6.07, 6.45) is 0.290. The van der Waals surface area contributed by atoms with Gasteiger partial charge in [0.15, 0.2) is 0 Å². The first-order valence-corrected chi connectivity index (χ1v) is 5.16. The van der Waals surface area contributed by atoms with E-state index in [1.807, 2.05) is 25.7 Å². The third-order valence-corrected chi connectivity index (χ3v) is 2.53. The molecule has 3 unspecified atom stereocenters. The molecule has 1 rings (SSSR count). The van der Waals surface area contributed by atoms with Gasteiger partial charge in [-0.1, -0.05) is 0 Å². The predicted octanol–water partition coefficient (Wildman–Crippen LogP) is 0.230. The van der Waals surface area contributed by atoms with Crippen molar-refractivity contribution < 1.29 is 9.53 Å². The molecule has 0 aromatic heterocycles. The topological polar surface area (TPSA) is 41.6 Å². The molecule has 1 aliphatic rings. The summed E-state index contributed by atoms with van der Waals surface area (Å²) in [7, 11) is 1.80. The Morgan fingerprint density at radius 1 is 1.43 bits per heavy atom. The SMILES string of the molecule is CNC(C)C(=O)N1CC(C)OC(C)C1. The van der Waals surface area contributed by atoms with Gasteiger partial charge in [-0.3, -0.25) is 4.79 Å². The van der Waals surface area contributed by atoms with E-state index in [0.29, 0.717) is 13.1 Å². The van der Waals surface area contributed by atoms with E-state index < -0.39 is 0 Å². The number of nitrogens with one attached hydrogen (secondary N) is 1. The Hall–Kier alpha value is -0.610. The Balaban J connectivity index is 2.54. The van der Waals surface area contributed by atoms with E-state index in [1.165, 1.54) is 0 Å². The van der Waals surface area contributed by atoms with Crippen LogP contribution in [0.15, 0.2) is 0 Å². The minimum Gasteiger partial charge on any atom is -0.372 e. The van der Waals surface area contributed by atoms with E-state index in [2.05, 4.69) is 5.32 Å². The average Bonchev–Trinajstić information content (AvgIpc) is 2.14. The van der Waals surface area contributed by atoms with Crippen LogP contribution in [0, 0.1) is 0 Å². The van der Waals surface area contributed by atoms with Crippen molar-refractivity contribution in [3.63, 3.8) is 0 Å². The predicted molar refractivity (Wildman–Crippen MR) is 55.1 cm³/mol. The van der Waals surface area contributed by atoms with Crippen LogP contribution in [0.3, 0.4) is 0 Å². The van der Waals surface area contributed by atoms with Gasteiger partial charge in [-0.2, -0.15) is 0 Å². The van der Waals surface area contributed by atoms with E-state index in [9.17, 15) is 4.79 Å². The van der Waals surface area contributed by atoms with Crippen LogP contribution in [0.25, 0.3) is 0 Å². The molecular formula is C10H20N2O2. The van der Waals surface area contributed by atoms with E-state index in [-0.39, 0.29) is 24.2 Å². The second-order valence-corrected chi connectivity index (χ2v) is 4.01. The molecule has 14 heavy (non-hydrogen) atoms. The average molecular weight is 200 g/mol. The molecule has 1 N–H and O–H groups in total. The number of nitrogens with zero attached hydrogens (tertiary/aromatic N) is 1. The number of likely N-dealkylation sites (N-methyl/N-ethyl adjacent to an activating group) is 1. The second-order valence-electron chi connectivity index (χ2n) is 4.01. The second kappa shape index (κ2) is 4.75. The lowest BCUT2D eigenvalue weighted by atomic mass is 10.2. The number of amides is 1. The lowest BCUT2D eigenvalue weighted by Gasteiger charge is -2.36. The lowest BCUT2D eigenvalue weighted by molar-refractivity contribution is -0.144. The summed E-state index contributed by atoms with van der Waals surface area (Å²) < 4.78 is 5.57. The highest BCUT2D eigenvalue weighted by atomic mass is 16.5. The van der Waals surface area contributed by atoms with Gasteiger partial charge in [0.25, 0.3) is 0 Å². The van der Waals surface area contributed by atoms with Crippen LogP contribution < -0.4 is 5.32 Å². The molecular weight excluding hydrogens is 180 g/mol. The summed E-state index contributed by atoms with van der Waals surface area (Å²) in [6, 6.07) is -0.104. The third-order valence-electron chi connectivity index (χ3n) is 2.53. The molecule has 82 valence electrons. The summed E-state index contributed by atoms with van der Waals surface area (Å²) in [5, 5.41) is 2.96. The molecule has 0 saturated carbocycles. The number of carbonyl (C=O) groups is 1. The van der Waals surface area contributed by atoms with E-state index in [4.69, 9.17) is 4.74 Å². The van der Waals surface area contributed by atoms with Gasteiger partial charge in [-0.05, 0) is 27.8 Å². The number of hydrogen-bond donors (Lipinski definition) is 1. The summed E-state index contributed by atoms with van der Waals surface area (Å²) in [6.45, 7) is 7.29. The molecule has 0 radical (unpaired) electrons. The normalized spacial score (nSPS) is 30.1. The molecule has 1 fully saturated rings. The van der Waals surface area contributed by atoms with Crippen molar-refractivity contribution in [2.24, 2.45) is 0 Å². The highest BCUT2D eigenvalue weighted by molar-refractivity contribution is 5.81.